The van der Waals surface area contributed by atoms with Crippen molar-refractivity contribution in [1.29, 1.82) is 0 Å². The van der Waals surface area contributed by atoms with Gasteiger partial charge in [-0.25, -0.2) is 0 Å². The molecule has 19 heavy (non-hydrogen) atoms. The minimum Gasteiger partial charge on any atom is -0.313 e. The Morgan fingerprint density at radius 1 is 1.00 bits per heavy atom. The SMILES string of the molecule is CC1CCC(NCCN2CCC(C(C)C)CC2)CC1. The third-order valence-corrected chi connectivity index (χ3v) is 5.45. The molecular weight excluding hydrogens is 232 g/mol. The van der Waals surface area contributed by atoms with Gasteiger partial charge in [-0.3, -0.25) is 0 Å². The van der Waals surface area contributed by atoms with E-state index in [1.54, 1.807) is 0 Å². The fourth-order valence-electron chi connectivity index (χ4n) is 3.73. The van der Waals surface area contributed by atoms with Gasteiger partial charge in [-0.2, -0.15) is 0 Å². The Bertz CT molecular complexity index is 236. The van der Waals surface area contributed by atoms with E-state index in [0.29, 0.717) is 0 Å². The number of hydrogen-bond donors (Lipinski definition) is 1. The quantitative estimate of drug-likeness (QED) is 0.819. The van der Waals surface area contributed by atoms with Crippen LogP contribution in [0.4, 0.5) is 0 Å². The van der Waals surface area contributed by atoms with E-state index < -0.39 is 0 Å². The van der Waals surface area contributed by atoms with E-state index in [1.165, 1.54) is 64.7 Å². The minimum atomic E-state index is 0.810. The standard InChI is InChI=1S/C17H34N2/c1-14(2)16-8-11-19(12-9-16)13-10-18-17-6-4-15(3)5-7-17/h14-18H,4-13H2,1-3H3. The van der Waals surface area contributed by atoms with Gasteiger partial charge in [0.2, 0.25) is 0 Å². The highest BCUT2D eigenvalue weighted by molar-refractivity contribution is 4.77. The lowest BCUT2D eigenvalue weighted by molar-refractivity contribution is 0.156. The Hall–Kier alpha value is -0.0800. The summed E-state index contributed by atoms with van der Waals surface area (Å²) in [5, 5.41) is 3.78. The molecule has 1 heterocycles. The fraction of sp³-hybridized carbons (Fsp3) is 1.00. The zero-order valence-corrected chi connectivity index (χ0v) is 13.3. The van der Waals surface area contributed by atoms with E-state index in [2.05, 4.69) is 31.0 Å². The molecule has 0 aromatic rings. The van der Waals surface area contributed by atoms with Crippen LogP contribution in [0.5, 0.6) is 0 Å². The first-order valence-corrected chi connectivity index (χ1v) is 8.61. The summed E-state index contributed by atoms with van der Waals surface area (Å²) in [6.07, 6.45) is 8.49. The summed E-state index contributed by atoms with van der Waals surface area (Å²) in [7, 11) is 0. The zero-order valence-electron chi connectivity index (χ0n) is 13.3. The van der Waals surface area contributed by atoms with E-state index in [4.69, 9.17) is 0 Å². The van der Waals surface area contributed by atoms with Gasteiger partial charge >= 0.3 is 0 Å². The molecule has 1 N–H and O–H groups in total. The summed E-state index contributed by atoms with van der Waals surface area (Å²) in [4.78, 5) is 2.66. The molecule has 0 unspecified atom stereocenters. The van der Waals surface area contributed by atoms with Crippen molar-refractivity contribution in [2.45, 2.75) is 65.3 Å². The van der Waals surface area contributed by atoms with Crippen LogP contribution in [0.2, 0.25) is 0 Å². The molecule has 2 fully saturated rings. The first-order valence-electron chi connectivity index (χ1n) is 8.61. The highest BCUT2D eigenvalue weighted by Crippen LogP contribution is 2.25. The van der Waals surface area contributed by atoms with Gasteiger partial charge in [0, 0.05) is 19.1 Å². The van der Waals surface area contributed by atoms with Crippen molar-refractivity contribution in [2.75, 3.05) is 26.2 Å². The first kappa shape index (κ1) is 15.3. The number of rotatable bonds is 5. The van der Waals surface area contributed by atoms with Gasteiger partial charge in [-0.05, 0) is 69.4 Å². The maximum atomic E-state index is 3.78. The molecule has 0 aromatic carbocycles. The number of nitrogens with zero attached hydrogens (tertiary/aromatic N) is 1. The Kier molecular flexibility index (Phi) is 6.15. The van der Waals surface area contributed by atoms with E-state index in [1.807, 2.05) is 0 Å². The molecule has 0 bridgehead atoms. The van der Waals surface area contributed by atoms with Crippen molar-refractivity contribution in [3.05, 3.63) is 0 Å². The van der Waals surface area contributed by atoms with Gasteiger partial charge in [0.05, 0.1) is 0 Å². The van der Waals surface area contributed by atoms with Crippen LogP contribution in [0.3, 0.4) is 0 Å². The molecular formula is C17H34N2. The molecule has 2 aliphatic rings. The molecule has 112 valence electrons. The Morgan fingerprint density at radius 3 is 2.21 bits per heavy atom. The molecule has 2 heteroatoms. The van der Waals surface area contributed by atoms with Crippen LogP contribution in [0, 0.1) is 17.8 Å². The summed E-state index contributed by atoms with van der Waals surface area (Å²) >= 11 is 0. The molecule has 1 aliphatic carbocycles. The van der Waals surface area contributed by atoms with Crippen LogP contribution in [0.25, 0.3) is 0 Å². The molecule has 1 saturated heterocycles. The molecule has 0 atom stereocenters. The summed E-state index contributed by atoms with van der Waals surface area (Å²) in [6.45, 7) is 12.3. The maximum Gasteiger partial charge on any atom is 0.0107 e. The number of hydrogen-bond acceptors (Lipinski definition) is 2. The molecule has 1 aliphatic heterocycles. The van der Waals surface area contributed by atoms with Gasteiger partial charge in [-0.1, -0.05) is 20.8 Å². The van der Waals surface area contributed by atoms with Crippen molar-refractivity contribution in [3.63, 3.8) is 0 Å². The zero-order chi connectivity index (χ0) is 13.7. The van der Waals surface area contributed by atoms with Crippen LogP contribution in [-0.2, 0) is 0 Å². The van der Waals surface area contributed by atoms with Crippen molar-refractivity contribution in [2.24, 2.45) is 17.8 Å². The highest BCUT2D eigenvalue weighted by Gasteiger charge is 2.22. The van der Waals surface area contributed by atoms with Crippen LogP contribution in [0.1, 0.15) is 59.3 Å². The van der Waals surface area contributed by atoms with Crippen LogP contribution in [-0.4, -0.2) is 37.1 Å². The summed E-state index contributed by atoms with van der Waals surface area (Å²) in [5.74, 6) is 2.82. The van der Waals surface area contributed by atoms with Gasteiger partial charge < -0.3 is 10.2 Å². The first-order chi connectivity index (χ1) is 9.15. The second-order valence-electron chi connectivity index (χ2n) is 7.33. The fourth-order valence-corrected chi connectivity index (χ4v) is 3.73. The molecule has 0 spiro atoms. The van der Waals surface area contributed by atoms with E-state index in [9.17, 15) is 0 Å². The molecule has 2 rings (SSSR count). The van der Waals surface area contributed by atoms with E-state index in [0.717, 1.165) is 23.8 Å². The molecule has 0 amide bonds. The monoisotopic (exact) mass is 266 g/mol. The van der Waals surface area contributed by atoms with Crippen molar-refractivity contribution < 1.29 is 0 Å². The Morgan fingerprint density at radius 2 is 1.63 bits per heavy atom. The van der Waals surface area contributed by atoms with Crippen molar-refractivity contribution in [1.82, 2.24) is 10.2 Å². The predicted octanol–water partition coefficient (Wildman–Crippen LogP) is 3.52. The predicted molar refractivity (Wildman–Crippen MR) is 83.4 cm³/mol. The molecule has 2 nitrogen and oxygen atoms in total. The summed E-state index contributed by atoms with van der Waals surface area (Å²) in [5.41, 5.74) is 0. The Labute approximate surface area is 120 Å². The van der Waals surface area contributed by atoms with E-state index in [-0.39, 0.29) is 0 Å². The third-order valence-electron chi connectivity index (χ3n) is 5.45. The largest absolute Gasteiger partial charge is 0.313 e. The van der Waals surface area contributed by atoms with Crippen LogP contribution in [0.15, 0.2) is 0 Å². The Balaban J connectivity index is 1.54. The van der Waals surface area contributed by atoms with Gasteiger partial charge in [0.15, 0.2) is 0 Å². The summed E-state index contributed by atoms with van der Waals surface area (Å²) in [6, 6.07) is 0.810. The van der Waals surface area contributed by atoms with Crippen molar-refractivity contribution in [3.8, 4) is 0 Å². The minimum absolute atomic E-state index is 0.810. The number of likely N-dealkylation sites (tertiary alicyclic amines) is 1. The third kappa shape index (κ3) is 5.07. The molecule has 0 radical (unpaired) electrons. The summed E-state index contributed by atoms with van der Waals surface area (Å²) < 4.78 is 0. The average Bonchev–Trinajstić information content (AvgIpc) is 2.41. The van der Waals surface area contributed by atoms with Gasteiger partial charge in [0.1, 0.15) is 0 Å². The molecule has 0 aromatic heterocycles. The van der Waals surface area contributed by atoms with Crippen LogP contribution < -0.4 is 5.32 Å². The van der Waals surface area contributed by atoms with Gasteiger partial charge in [-0.15, -0.1) is 0 Å². The molecule has 1 saturated carbocycles. The lowest BCUT2D eigenvalue weighted by atomic mass is 9.86. The number of nitrogens with one attached hydrogen (secondary N) is 1. The average molecular weight is 266 g/mol. The topological polar surface area (TPSA) is 15.3 Å². The van der Waals surface area contributed by atoms with Gasteiger partial charge in [0.25, 0.3) is 0 Å². The normalized spacial score (nSPS) is 30.9. The van der Waals surface area contributed by atoms with Crippen LogP contribution >= 0.6 is 0 Å². The van der Waals surface area contributed by atoms with E-state index >= 15 is 0 Å². The lowest BCUT2D eigenvalue weighted by Crippen LogP contribution is -2.42. The lowest BCUT2D eigenvalue weighted by Gasteiger charge is -2.34. The number of piperidine rings is 1. The van der Waals surface area contributed by atoms with Crippen molar-refractivity contribution >= 4 is 0 Å². The maximum absolute atomic E-state index is 3.78. The second-order valence-corrected chi connectivity index (χ2v) is 7.33. The second kappa shape index (κ2) is 7.64. The smallest absolute Gasteiger partial charge is 0.0107 e. The highest BCUT2D eigenvalue weighted by atomic mass is 15.1.